The summed E-state index contributed by atoms with van der Waals surface area (Å²) in [6.45, 7) is 7.98. The molecular formula is C29H33N7O. The summed E-state index contributed by atoms with van der Waals surface area (Å²) in [5, 5.41) is 17.6. The van der Waals surface area contributed by atoms with Gasteiger partial charge in [0.25, 0.3) is 0 Å². The van der Waals surface area contributed by atoms with Gasteiger partial charge < -0.3 is 20.6 Å². The van der Waals surface area contributed by atoms with Crippen molar-refractivity contribution < 1.29 is 5.11 Å². The Labute approximate surface area is 217 Å². The van der Waals surface area contributed by atoms with Crippen molar-refractivity contribution in [2.45, 2.75) is 43.9 Å². The molecule has 0 spiro atoms. The summed E-state index contributed by atoms with van der Waals surface area (Å²) in [5.41, 5.74) is 6.48. The molecule has 6 rings (SSSR count). The van der Waals surface area contributed by atoms with E-state index in [1.165, 1.54) is 24.0 Å². The molecule has 2 atom stereocenters. The first kappa shape index (κ1) is 23.8. The maximum atomic E-state index is 10.7. The SMILES string of the molecule is C=Nc1cncc(C2CC2)c1C(=NCc1ccnc(NC2c3ccccc3CC2O)c1)N1CCNCC1. The van der Waals surface area contributed by atoms with Gasteiger partial charge in [-0.2, -0.15) is 0 Å². The predicted molar refractivity (Wildman–Crippen MR) is 147 cm³/mol. The van der Waals surface area contributed by atoms with E-state index in [0.717, 1.165) is 60.2 Å². The first-order valence-electron chi connectivity index (χ1n) is 13.1. The van der Waals surface area contributed by atoms with Crippen LogP contribution in [0.4, 0.5) is 11.5 Å². The van der Waals surface area contributed by atoms with Gasteiger partial charge in [0.2, 0.25) is 0 Å². The number of nitrogens with zero attached hydrogens (tertiary/aromatic N) is 5. The molecule has 37 heavy (non-hydrogen) atoms. The number of anilines is 1. The van der Waals surface area contributed by atoms with Crippen LogP contribution < -0.4 is 10.6 Å². The molecule has 8 heteroatoms. The number of aliphatic hydroxyl groups excluding tert-OH is 1. The molecule has 2 fully saturated rings. The van der Waals surface area contributed by atoms with Crippen molar-refractivity contribution in [3.63, 3.8) is 0 Å². The number of amidine groups is 1. The lowest BCUT2D eigenvalue weighted by atomic mass is 10.0. The highest BCUT2D eigenvalue weighted by atomic mass is 16.3. The molecule has 0 amide bonds. The Morgan fingerprint density at radius 2 is 1.97 bits per heavy atom. The van der Waals surface area contributed by atoms with E-state index in [-0.39, 0.29) is 6.04 Å². The topological polar surface area (TPSA) is 98.0 Å². The zero-order valence-corrected chi connectivity index (χ0v) is 21.0. The standard InChI is InChI=1S/C29H33N7O/c1-30-24-18-32-17-23(20-6-7-20)27(24)29(36-12-10-31-11-13-36)34-16-19-8-9-33-26(14-19)35-28-22-5-3-2-4-21(22)15-25(28)37/h2-5,8-9,14,17-18,20,25,28,31,37H,1,6-7,10-13,15-16H2,(H,33,35). The fourth-order valence-corrected chi connectivity index (χ4v) is 5.47. The summed E-state index contributed by atoms with van der Waals surface area (Å²) in [5.74, 6) is 2.24. The van der Waals surface area contributed by atoms with Crippen molar-refractivity contribution in [1.29, 1.82) is 0 Å². The zero-order chi connectivity index (χ0) is 25.2. The van der Waals surface area contributed by atoms with E-state index in [2.05, 4.69) is 49.3 Å². The Morgan fingerprint density at radius 1 is 1.14 bits per heavy atom. The molecule has 3 aromatic rings. The second-order valence-corrected chi connectivity index (χ2v) is 10.1. The Hall–Kier alpha value is -3.62. The lowest BCUT2D eigenvalue weighted by Crippen LogP contribution is -2.47. The van der Waals surface area contributed by atoms with Crippen molar-refractivity contribution in [3.05, 3.63) is 82.8 Å². The van der Waals surface area contributed by atoms with Gasteiger partial charge in [-0.1, -0.05) is 24.3 Å². The summed E-state index contributed by atoms with van der Waals surface area (Å²) >= 11 is 0. The van der Waals surface area contributed by atoms with Crippen LogP contribution in [-0.2, 0) is 13.0 Å². The molecule has 2 unspecified atom stereocenters. The van der Waals surface area contributed by atoms with Gasteiger partial charge in [-0.15, -0.1) is 0 Å². The predicted octanol–water partition coefficient (Wildman–Crippen LogP) is 3.61. The number of pyridine rings is 2. The minimum atomic E-state index is -0.474. The number of aromatic nitrogens is 2. The van der Waals surface area contributed by atoms with Crippen molar-refractivity contribution in [2.75, 3.05) is 31.5 Å². The largest absolute Gasteiger partial charge is 0.390 e. The van der Waals surface area contributed by atoms with Crippen LogP contribution in [0.25, 0.3) is 0 Å². The number of hydrogen-bond acceptors (Lipinski definition) is 7. The van der Waals surface area contributed by atoms with Crippen LogP contribution in [0, 0.1) is 0 Å². The monoisotopic (exact) mass is 495 g/mol. The average Bonchev–Trinajstić information content (AvgIpc) is 3.74. The molecule has 3 heterocycles. The fourth-order valence-electron chi connectivity index (χ4n) is 5.47. The third kappa shape index (κ3) is 4.99. The van der Waals surface area contributed by atoms with Gasteiger partial charge >= 0.3 is 0 Å². The van der Waals surface area contributed by atoms with E-state index in [4.69, 9.17) is 4.99 Å². The molecule has 0 radical (unpaired) electrons. The average molecular weight is 496 g/mol. The maximum absolute atomic E-state index is 10.7. The second kappa shape index (κ2) is 10.4. The molecule has 1 aliphatic heterocycles. The third-order valence-electron chi connectivity index (χ3n) is 7.53. The molecule has 3 N–H and O–H groups in total. The molecule has 1 saturated carbocycles. The molecule has 2 aromatic heterocycles. The number of hydrogen-bond donors (Lipinski definition) is 3. The van der Waals surface area contributed by atoms with Gasteiger partial charge in [-0.25, -0.2) is 4.98 Å². The summed E-state index contributed by atoms with van der Waals surface area (Å²) in [6.07, 6.45) is 8.13. The van der Waals surface area contributed by atoms with Crippen LogP contribution in [0.2, 0.25) is 0 Å². The lowest BCUT2D eigenvalue weighted by Gasteiger charge is -2.32. The minimum Gasteiger partial charge on any atom is -0.390 e. The molecular weight excluding hydrogens is 462 g/mol. The molecule has 190 valence electrons. The van der Waals surface area contributed by atoms with E-state index in [9.17, 15) is 5.11 Å². The van der Waals surface area contributed by atoms with E-state index in [1.54, 1.807) is 6.20 Å². The summed E-state index contributed by atoms with van der Waals surface area (Å²) < 4.78 is 0. The summed E-state index contributed by atoms with van der Waals surface area (Å²) in [7, 11) is 0. The number of fused-ring (bicyclic) bond motifs is 1. The number of benzene rings is 1. The Bertz CT molecular complexity index is 1310. The van der Waals surface area contributed by atoms with Crippen LogP contribution in [0.3, 0.4) is 0 Å². The molecule has 1 saturated heterocycles. The number of aliphatic imine (C=N–C) groups is 2. The maximum Gasteiger partial charge on any atom is 0.133 e. The van der Waals surface area contributed by atoms with Gasteiger partial charge in [-0.05, 0) is 59.9 Å². The lowest BCUT2D eigenvalue weighted by molar-refractivity contribution is 0.165. The van der Waals surface area contributed by atoms with Crippen LogP contribution >= 0.6 is 0 Å². The summed E-state index contributed by atoms with van der Waals surface area (Å²) in [6, 6.07) is 12.1. The van der Waals surface area contributed by atoms with Crippen LogP contribution in [0.5, 0.6) is 0 Å². The van der Waals surface area contributed by atoms with E-state index < -0.39 is 6.10 Å². The van der Waals surface area contributed by atoms with E-state index in [1.807, 2.05) is 36.7 Å². The van der Waals surface area contributed by atoms with Crippen molar-refractivity contribution in [3.8, 4) is 0 Å². The molecule has 3 aliphatic rings. The van der Waals surface area contributed by atoms with E-state index >= 15 is 0 Å². The molecule has 0 bridgehead atoms. The summed E-state index contributed by atoms with van der Waals surface area (Å²) in [4.78, 5) is 20.9. The smallest absolute Gasteiger partial charge is 0.133 e. The third-order valence-corrected chi connectivity index (χ3v) is 7.53. The Morgan fingerprint density at radius 3 is 2.78 bits per heavy atom. The fraction of sp³-hybridized carbons (Fsp3) is 0.379. The van der Waals surface area contributed by atoms with Gasteiger partial charge in [-0.3, -0.25) is 15.0 Å². The number of rotatable bonds is 7. The zero-order valence-electron chi connectivity index (χ0n) is 21.0. The molecule has 8 nitrogen and oxygen atoms in total. The van der Waals surface area contributed by atoms with Gasteiger partial charge in [0.15, 0.2) is 0 Å². The van der Waals surface area contributed by atoms with Crippen molar-refractivity contribution in [2.24, 2.45) is 9.98 Å². The minimum absolute atomic E-state index is 0.169. The van der Waals surface area contributed by atoms with Gasteiger partial charge in [0.1, 0.15) is 11.7 Å². The Balaban J connectivity index is 1.29. The normalized spacial score (nSPS) is 21.5. The quantitative estimate of drug-likeness (QED) is 0.342. The van der Waals surface area contributed by atoms with Crippen molar-refractivity contribution in [1.82, 2.24) is 20.2 Å². The highest BCUT2D eigenvalue weighted by molar-refractivity contribution is 6.04. The highest BCUT2D eigenvalue weighted by Crippen LogP contribution is 2.43. The first-order chi connectivity index (χ1) is 18.2. The van der Waals surface area contributed by atoms with Gasteiger partial charge in [0.05, 0.1) is 30.6 Å². The number of aliphatic hydroxyl groups is 1. The van der Waals surface area contributed by atoms with Crippen molar-refractivity contribution >= 4 is 24.1 Å². The highest BCUT2D eigenvalue weighted by Gasteiger charge is 2.32. The first-order valence-corrected chi connectivity index (χ1v) is 13.1. The van der Waals surface area contributed by atoms with Crippen LogP contribution in [0.15, 0.2) is 65.0 Å². The number of piperazine rings is 1. The Kier molecular flexibility index (Phi) is 6.68. The van der Waals surface area contributed by atoms with Gasteiger partial charge in [0, 0.05) is 50.6 Å². The molecule has 2 aliphatic carbocycles. The number of nitrogens with one attached hydrogen (secondary N) is 2. The van der Waals surface area contributed by atoms with E-state index in [0.29, 0.717) is 18.9 Å². The second-order valence-electron chi connectivity index (χ2n) is 10.1. The molecule has 1 aromatic carbocycles. The van der Waals surface area contributed by atoms with Crippen LogP contribution in [0.1, 0.15) is 52.6 Å². The van der Waals surface area contributed by atoms with Crippen LogP contribution in [-0.4, -0.2) is 64.8 Å².